The number of aromatic nitrogens is 5. The summed E-state index contributed by atoms with van der Waals surface area (Å²) in [4.78, 5) is 15.0. The van der Waals surface area contributed by atoms with Crippen LogP contribution in [0.15, 0.2) is 30.7 Å². The van der Waals surface area contributed by atoms with Crippen LogP contribution in [-0.2, 0) is 0 Å². The summed E-state index contributed by atoms with van der Waals surface area (Å²) >= 11 is 0. The minimum Gasteiger partial charge on any atom is -0.396 e. The van der Waals surface area contributed by atoms with Gasteiger partial charge in [0.15, 0.2) is 5.65 Å². The third-order valence-electron chi connectivity index (χ3n) is 4.85. The third-order valence-corrected chi connectivity index (χ3v) is 4.85. The normalized spacial score (nSPS) is 20.6. The van der Waals surface area contributed by atoms with Gasteiger partial charge in [-0.2, -0.15) is 5.10 Å². The number of piperidine rings is 1. The van der Waals surface area contributed by atoms with Gasteiger partial charge in [0.05, 0.1) is 11.9 Å². The standard InChI is InChI=1S/C18H20F2N6O/c1-11-4-12(9-27)8-25(7-11)17-5-14(22-10-23-17)15-6-21-16-3-2-13(18(19)20)24-26(15)16/h2-3,5-6,10-12,18,27H,4,7-9H2,1H3/t11-,12+/m1/s1. The molecule has 1 aliphatic rings. The molecule has 27 heavy (non-hydrogen) atoms. The summed E-state index contributed by atoms with van der Waals surface area (Å²) in [7, 11) is 0. The maximum Gasteiger partial charge on any atom is 0.282 e. The molecule has 0 bridgehead atoms. The Bertz CT molecular complexity index is 947. The predicted octanol–water partition coefficient (Wildman–Crippen LogP) is 2.58. The summed E-state index contributed by atoms with van der Waals surface area (Å²) in [6.07, 6.45) is 1.35. The SMILES string of the molecule is C[C@@H]1C[C@H](CO)CN(c2cc(-c3cnc4ccc(C(F)F)nn34)ncn2)C1. The summed E-state index contributed by atoms with van der Waals surface area (Å²) in [6, 6.07) is 4.59. The Kier molecular flexibility index (Phi) is 4.69. The molecule has 0 amide bonds. The number of fused-ring (bicyclic) bond motifs is 1. The molecule has 1 aliphatic heterocycles. The van der Waals surface area contributed by atoms with E-state index in [0.29, 0.717) is 23.0 Å². The smallest absolute Gasteiger partial charge is 0.282 e. The van der Waals surface area contributed by atoms with Gasteiger partial charge in [0, 0.05) is 25.8 Å². The zero-order valence-electron chi connectivity index (χ0n) is 14.8. The quantitative estimate of drug-likeness (QED) is 0.756. The molecule has 4 heterocycles. The van der Waals surface area contributed by atoms with Gasteiger partial charge < -0.3 is 10.0 Å². The van der Waals surface area contributed by atoms with E-state index in [0.717, 1.165) is 25.3 Å². The first kappa shape index (κ1) is 17.7. The molecule has 0 saturated carbocycles. The number of aliphatic hydroxyl groups excluding tert-OH is 1. The van der Waals surface area contributed by atoms with Crippen LogP contribution in [0.25, 0.3) is 17.0 Å². The number of imidazole rings is 1. The number of hydrogen-bond donors (Lipinski definition) is 1. The van der Waals surface area contributed by atoms with E-state index in [1.165, 1.54) is 23.0 Å². The molecule has 0 radical (unpaired) electrons. The average Bonchev–Trinajstić information content (AvgIpc) is 3.10. The zero-order valence-corrected chi connectivity index (χ0v) is 14.8. The number of aliphatic hydroxyl groups is 1. The molecule has 7 nitrogen and oxygen atoms in total. The lowest BCUT2D eigenvalue weighted by Gasteiger charge is -2.36. The van der Waals surface area contributed by atoms with Crippen molar-refractivity contribution in [2.24, 2.45) is 11.8 Å². The molecule has 9 heteroatoms. The zero-order chi connectivity index (χ0) is 19.0. The minimum atomic E-state index is -2.66. The molecule has 0 unspecified atom stereocenters. The van der Waals surface area contributed by atoms with Crippen molar-refractivity contribution in [2.45, 2.75) is 19.8 Å². The fourth-order valence-electron chi connectivity index (χ4n) is 3.64. The van der Waals surface area contributed by atoms with Gasteiger partial charge in [-0.15, -0.1) is 0 Å². The molecule has 142 valence electrons. The minimum absolute atomic E-state index is 0.145. The number of halogens is 2. The summed E-state index contributed by atoms with van der Waals surface area (Å²) in [5.74, 6) is 1.39. The van der Waals surface area contributed by atoms with E-state index in [-0.39, 0.29) is 18.2 Å². The van der Waals surface area contributed by atoms with Gasteiger partial charge in [-0.25, -0.2) is 28.2 Å². The molecular weight excluding hydrogens is 354 g/mol. The van der Waals surface area contributed by atoms with Crippen molar-refractivity contribution >= 4 is 11.5 Å². The van der Waals surface area contributed by atoms with Crippen molar-refractivity contribution in [1.82, 2.24) is 24.6 Å². The van der Waals surface area contributed by atoms with Crippen molar-refractivity contribution in [3.8, 4) is 11.4 Å². The van der Waals surface area contributed by atoms with Gasteiger partial charge in [0.25, 0.3) is 6.43 Å². The van der Waals surface area contributed by atoms with Crippen LogP contribution in [0.5, 0.6) is 0 Å². The van der Waals surface area contributed by atoms with Gasteiger partial charge in [-0.1, -0.05) is 6.92 Å². The van der Waals surface area contributed by atoms with Crippen LogP contribution in [0.3, 0.4) is 0 Å². The van der Waals surface area contributed by atoms with E-state index in [1.54, 1.807) is 6.20 Å². The first-order chi connectivity index (χ1) is 13.0. The van der Waals surface area contributed by atoms with E-state index < -0.39 is 6.43 Å². The number of hydrogen-bond acceptors (Lipinski definition) is 6. The highest BCUT2D eigenvalue weighted by Gasteiger charge is 2.25. The fraction of sp³-hybridized carbons (Fsp3) is 0.444. The Morgan fingerprint density at radius 1 is 1.22 bits per heavy atom. The largest absolute Gasteiger partial charge is 0.396 e. The predicted molar refractivity (Wildman–Crippen MR) is 95.5 cm³/mol. The molecule has 1 N–H and O–H groups in total. The monoisotopic (exact) mass is 374 g/mol. The Hall–Kier alpha value is -2.68. The Morgan fingerprint density at radius 2 is 2.07 bits per heavy atom. The molecule has 4 rings (SSSR count). The van der Waals surface area contributed by atoms with E-state index in [9.17, 15) is 13.9 Å². The molecular formula is C18H20F2N6O. The van der Waals surface area contributed by atoms with Crippen molar-refractivity contribution < 1.29 is 13.9 Å². The highest BCUT2D eigenvalue weighted by molar-refractivity contribution is 5.62. The summed E-state index contributed by atoms with van der Waals surface area (Å²) in [6.45, 7) is 3.86. The Balaban J connectivity index is 1.70. The van der Waals surface area contributed by atoms with E-state index in [2.05, 4.69) is 31.9 Å². The number of rotatable bonds is 4. The lowest BCUT2D eigenvalue weighted by Crippen LogP contribution is -2.41. The first-order valence-electron chi connectivity index (χ1n) is 8.86. The molecule has 0 spiro atoms. The second kappa shape index (κ2) is 7.15. The fourth-order valence-corrected chi connectivity index (χ4v) is 3.64. The van der Waals surface area contributed by atoms with Crippen molar-refractivity contribution in [1.29, 1.82) is 0 Å². The van der Waals surface area contributed by atoms with Crippen LogP contribution >= 0.6 is 0 Å². The summed E-state index contributed by atoms with van der Waals surface area (Å²) in [5.41, 5.74) is 1.25. The van der Waals surface area contributed by atoms with E-state index >= 15 is 0 Å². The van der Waals surface area contributed by atoms with Gasteiger partial charge in [-0.3, -0.25) is 0 Å². The van der Waals surface area contributed by atoms with Crippen LogP contribution in [0.1, 0.15) is 25.5 Å². The molecule has 0 aromatic carbocycles. The average molecular weight is 374 g/mol. The molecule has 0 aliphatic carbocycles. The van der Waals surface area contributed by atoms with Crippen LogP contribution in [-0.4, -0.2) is 49.4 Å². The summed E-state index contributed by atoms with van der Waals surface area (Å²) in [5, 5.41) is 13.5. The molecule has 1 fully saturated rings. The molecule has 3 aromatic heterocycles. The number of nitrogens with zero attached hydrogens (tertiary/aromatic N) is 6. The summed E-state index contributed by atoms with van der Waals surface area (Å²) < 4.78 is 27.4. The lowest BCUT2D eigenvalue weighted by atomic mass is 9.91. The Morgan fingerprint density at radius 3 is 2.85 bits per heavy atom. The van der Waals surface area contributed by atoms with Crippen molar-refractivity contribution in [3.63, 3.8) is 0 Å². The molecule has 2 atom stereocenters. The van der Waals surface area contributed by atoms with Gasteiger partial charge in [0.1, 0.15) is 23.5 Å². The lowest BCUT2D eigenvalue weighted by molar-refractivity contribution is 0.144. The highest BCUT2D eigenvalue weighted by Crippen LogP contribution is 2.28. The maximum atomic E-state index is 13.0. The molecule has 3 aromatic rings. The van der Waals surface area contributed by atoms with Crippen molar-refractivity contribution in [2.75, 3.05) is 24.6 Å². The highest BCUT2D eigenvalue weighted by atomic mass is 19.3. The topological polar surface area (TPSA) is 79.4 Å². The first-order valence-corrected chi connectivity index (χ1v) is 8.86. The number of alkyl halides is 2. The second-order valence-electron chi connectivity index (χ2n) is 7.03. The van der Waals surface area contributed by atoms with Gasteiger partial charge >= 0.3 is 0 Å². The number of anilines is 1. The van der Waals surface area contributed by atoms with Crippen LogP contribution in [0.2, 0.25) is 0 Å². The van der Waals surface area contributed by atoms with Crippen LogP contribution < -0.4 is 4.90 Å². The third kappa shape index (κ3) is 3.46. The maximum absolute atomic E-state index is 13.0. The van der Waals surface area contributed by atoms with E-state index in [1.807, 2.05) is 6.07 Å². The van der Waals surface area contributed by atoms with Crippen LogP contribution in [0.4, 0.5) is 14.6 Å². The van der Waals surface area contributed by atoms with E-state index in [4.69, 9.17) is 0 Å². The van der Waals surface area contributed by atoms with Crippen LogP contribution in [0, 0.1) is 11.8 Å². The Labute approximate surface area is 154 Å². The van der Waals surface area contributed by atoms with Gasteiger partial charge in [0.2, 0.25) is 0 Å². The van der Waals surface area contributed by atoms with Crippen molar-refractivity contribution in [3.05, 3.63) is 36.4 Å². The molecule has 1 saturated heterocycles. The second-order valence-corrected chi connectivity index (χ2v) is 7.03. The van der Waals surface area contributed by atoms with Gasteiger partial charge in [-0.05, 0) is 30.4 Å².